The Hall–Kier alpha value is -1.44. The second-order valence-electron chi connectivity index (χ2n) is 2.73. The number of hydrogen-bond acceptors (Lipinski definition) is 4. The molecule has 0 fully saturated rings. The van der Waals surface area contributed by atoms with Crippen LogP contribution in [0.15, 0.2) is 0 Å². The summed E-state index contributed by atoms with van der Waals surface area (Å²) in [5, 5.41) is 7.37. The predicted octanol–water partition coefficient (Wildman–Crippen LogP) is -1.62. The average molecular weight is 236 g/mol. The maximum absolute atomic E-state index is 11.2. The lowest BCUT2D eigenvalue weighted by Crippen LogP contribution is -2.43. The molecule has 0 saturated carbocycles. The molecule has 0 aliphatic carbocycles. The summed E-state index contributed by atoms with van der Waals surface area (Å²) in [5.74, 6) is -2.87. The van der Waals surface area contributed by atoms with E-state index in [4.69, 9.17) is 5.11 Å². The minimum atomic E-state index is -1.80. The van der Waals surface area contributed by atoms with Gasteiger partial charge in [0.2, 0.25) is 5.91 Å². The molecule has 2 unspecified atom stereocenters. The summed E-state index contributed by atoms with van der Waals surface area (Å²) in [4.78, 5) is 31.7. The summed E-state index contributed by atoms with van der Waals surface area (Å²) in [6, 6.07) is 0. The number of aliphatic carboxylic acids is 1. The highest BCUT2D eigenvalue weighted by Crippen LogP contribution is 1.95. The normalized spacial score (nSPS) is 13.7. The Balaban J connectivity index is 4.02. The van der Waals surface area contributed by atoms with Gasteiger partial charge in [-0.15, -0.1) is 0 Å². The molecule has 0 aliphatic rings. The molecule has 0 aromatic carbocycles. The third-order valence-electron chi connectivity index (χ3n) is 1.39. The topological polar surface area (TPSA) is 113 Å². The Morgan fingerprint density at radius 3 is 2.27 bits per heavy atom. The maximum Gasteiger partial charge on any atom is 0.318 e. The molecule has 0 aliphatic heterocycles. The monoisotopic (exact) mass is 236 g/mol. The van der Waals surface area contributed by atoms with Crippen LogP contribution < -0.4 is 10.9 Å². The molecule has 0 rings (SSSR count). The quantitative estimate of drug-likeness (QED) is 0.507. The third kappa shape index (κ3) is 5.78. The van der Waals surface area contributed by atoms with Gasteiger partial charge in [-0.05, 0) is 6.92 Å². The number of rotatable bonds is 4. The second kappa shape index (κ2) is 6.12. The highest BCUT2D eigenvalue weighted by atomic mass is 32.2. The van der Waals surface area contributed by atoms with Crippen molar-refractivity contribution in [3.05, 3.63) is 0 Å². The molecule has 0 bridgehead atoms. The van der Waals surface area contributed by atoms with Crippen LogP contribution >= 0.6 is 0 Å². The van der Waals surface area contributed by atoms with Crippen LogP contribution in [0.5, 0.6) is 0 Å². The van der Waals surface area contributed by atoms with E-state index >= 15 is 0 Å². The van der Waals surface area contributed by atoms with Crippen LogP contribution in [0.3, 0.4) is 0 Å². The fourth-order valence-electron chi connectivity index (χ4n) is 0.560. The SMILES string of the molecule is CC(=O)NNC(=O)CS(=O)C(C)C(=O)O. The molecule has 0 aromatic rings. The number of nitrogens with one attached hydrogen (secondary N) is 2. The van der Waals surface area contributed by atoms with Gasteiger partial charge in [0.25, 0.3) is 5.91 Å². The van der Waals surface area contributed by atoms with Crippen LogP contribution in [0.1, 0.15) is 13.8 Å². The predicted molar refractivity (Wildman–Crippen MR) is 52.1 cm³/mol. The van der Waals surface area contributed by atoms with Gasteiger partial charge in [0.05, 0.1) is 0 Å². The van der Waals surface area contributed by atoms with Gasteiger partial charge in [-0.2, -0.15) is 0 Å². The van der Waals surface area contributed by atoms with Crippen molar-refractivity contribution in [2.75, 3.05) is 5.75 Å². The molecular formula is C7H12N2O5S. The number of carbonyl (C=O) groups excluding carboxylic acids is 2. The molecule has 2 amide bonds. The van der Waals surface area contributed by atoms with Crippen molar-refractivity contribution in [2.24, 2.45) is 0 Å². The van der Waals surface area contributed by atoms with Crippen molar-refractivity contribution in [1.82, 2.24) is 10.9 Å². The summed E-state index contributed by atoms with van der Waals surface area (Å²) < 4.78 is 11.2. The summed E-state index contributed by atoms with van der Waals surface area (Å²) in [6.07, 6.45) is 0. The summed E-state index contributed by atoms with van der Waals surface area (Å²) in [5.41, 5.74) is 3.98. The van der Waals surface area contributed by atoms with Gasteiger partial charge in [-0.1, -0.05) is 0 Å². The fourth-order valence-corrected chi connectivity index (χ4v) is 1.37. The van der Waals surface area contributed by atoms with E-state index in [-0.39, 0.29) is 0 Å². The first-order chi connectivity index (χ1) is 6.84. The van der Waals surface area contributed by atoms with Crippen molar-refractivity contribution in [3.8, 4) is 0 Å². The van der Waals surface area contributed by atoms with Crippen LogP contribution in [0.4, 0.5) is 0 Å². The zero-order valence-corrected chi connectivity index (χ0v) is 9.09. The van der Waals surface area contributed by atoms with Crippen LogP contribution in [0.2, 0.25) is 0 Å². The van der Waals surface area contributed by atoms with Gasteiger partial charge >= 0.3 is 5.97 Å². The van der Waals surface area contributed by atoms with Crippen molar-refractivity contribution in [2.45, 2.75) is 19.1 Å². The number of hydrazine groups is 1. The van der Waals surface area contributed by atoms with Crippen LogP contribution in [-0.2, 0) is 25.2 Å². The number of carbonyl (C=O) groups is 3. The van der Waals surface area contributed by atoms with Crippen LogP contribution in [0.25, 0.3) is 0 Å². The first-order valence-electron chi connectivity index (χ1n) is 4.00. The summed E-state index contributed by atoms with van der Waals surface area (Å²) >= 11 is 0. The van der Waals surface area contributed by atoms with Crippen LogP contribution in [0, 0.1) is 0 Å². The first kappa shape index (κ1) is 13.6. The van der Waals surface area contributed by atoms with Crippen molar-refractivity contribution >= 4 is 28.6 Å². The number of hydrogen-bond donors (Lipinski definition) is 3. The van der Waals surface area contributed by atoms with Crippen molar-refractivity contribution in [1.29, 1.82) is 0 Å². The number of carboxylic acids is 1. The number of carboxylic acid groups (broad SMARTS) is 1. The highest BCUT2D eigenvalue weighted by molar-refractivity contribution is 7.87. The van der Waals surface area contributed by atoms with E-state index in [9.17, 15) is 18.6 Å². The smallest absolute Gasteiger partial charge is 0.318 e. The molecule has 2 atom stereocenters. The molecule has 0 aromatic heterocycles. The van der Waals surface area contributed by atoms with E-state index in [1.165, 1.54) is 13.8 Å². The van der Waals surface area contributed by atoms with E-state index < -0.39 is 39.6 Å². The van der Waals surface area contributed by atoms with Crippen LogP contribution in [-0.4, -0.2) is 38.1 Å². The van der Waals surface area contributed by atoms with E-state index in [2.05, 4.69) is 0 Å². The maximum atomic E-state index is 11.2. The van der Waals surface area contributed by atoms with E-state index in [0.29, 0.717) is 0 Å². The molecule has 0 radical (unpaired) electrons. The molecule has 7 nitrogen and oxygen atoms in total. The minimum absolute atomic E-state index is 0.465. The minimum Gasteiger partial charge on any atom is -0.480 e. The lowest BCUT2D eigenvalue weighted by molar-refractivity contribution is -0.136. The molecule has 0 spiro atoms. The zero-order chi connectivity index (χ0) is 12.0. The first-order valence-corrected chi connectivity index (χ1v) is 5.38. The van der Waals surface area contributed by atoms with Crippen molar-refractivity contribution in [3.63, 3.8) is 0 Å². The molecule has 3 N–H and O–H groups in total. The number of amides is 2. The lowest BCUT2D eigenvalue weighted by Gasteiger charge is -2.07. The molecule has 86 valence electrons. The Kier molecular flexibility index (Phi) is 5.53. The van der Waals surface area contributed by atoms with E-state index in [1.807, 2.05) is 10.9 Å². The highest BCUT2D eigenvalue weighted by Gasteiger charge is 2.21. The third-order valence-corrected chi connectivity index (χ3v) is 2.93. The fraction of sp³-hybridized carbons (Fsp3) is 0.571. The summed E-state index contributed by atoms with van der Waals surface area (Å²) in [7, 11) is -1.80. The van der Waals surface area contributed by atoms with Gasteiger partial charge in [-0.25, -0.2) is 0 Å². The zero-order valence-electron chi connectivity index (χ0n) is 8.27. The molecule has 0 heterocycles. The van der Waals surface area contributed by atoms with Crippen molar-refractivity contribution < 1.29 is 23.7 Å². The Bertz CT molecular complexity index is 304. The molecule has 0 saturated heterocycles. The van der Waals surface area contributed by atoms with Gasteiger partial charge in [0.15, 0.2) is 0 Å². The van der Waals surface area contributed by atoms with E-state index in [0.717, 1.165) is 0 Å². The van der Waals surface area contributed by atoms with E-state index in [1.54, 1.807) is 0 Å². The largest absolute Gasteiger partial charge is 0.480 e. The van der Waals surface area contributed by atoms with Gasteiger partial charge in [-0.3, -0.25) is 29.4 Å². The Morgan fingerprint density at radius 2 is 1.87 bits per heavy atom. The van der Waals surface area contributed by atoms with Gasteiger partial charge < -0.3 is 5.11 Å². The molecule has 8 heteroatoms. The van der Waals surface area contributed by atoms with Gasteiger partial charge in [0, 0.05) is 17.7 Å². The average Bonchev–Trinajstić information content (AvgIpc) is 2.13. The van der Waals surface area contributed by atoms with Gasteiger partial charge in [0.1, 0.15) is 11.0 Å². The lowest BCUT2D eigenvalue weighted by atomic mass is 10.5. The Labute approximate surface area is 88.7 Å². The Morgan fingerprint density at radius 1 is 1.33 bits per heavy atom. The summed E-state index contributed by atoms with van der Waals surface area (Å²) in [6.45, 7) is 2.43. The second-order valence-corrected chi connectivity index (χ2v) is 4.49. The standard InChI is InChI=1S/C7H12N2O5S/c1-4(7(12)13)15(14)3-6(11)9-8-5(2)10/h4H,3H2,1-2H3,(H,8,10)(H,9,11)(H,12,13). The molecular weight excluding hydrogens is 224 g/mol. The molecule has 15 heavy (non-hydrogen) atoms.